The van der Waals surface area contributed by atoms with Crippen molar-refractivity contribution in [3.63, 3.8) is 0 Å². The van der Waals surface area contributed by atoms with Gasteiger partial charge in [-0.2, -0.15) is 0 Å². The Bertz CT molecular complexity index is 3140. The van der Waals surface area contributed by atoms with Gasteiger partial charge in [0.15, 0.2) is 0 Å². The molecule has 6 aromatic rings. The van der Waals surface area contributed by atoms with Gasteiger partial charge in [-0.05, 0) is 229 Å². The molecule has 0 unspecified atom stereocenters. The van der Waals surface area contributed by atoms with Gasteiger partial charge >= 0.3 is 18.3 Å². The van der Waals surface area contributed by atoms with Crippen molar-refractivity contribution in [3.8, 4) is 0 Å². The van der Waals surface area contributed by atoms with Crippen LogP contribution in [0.15, 0.2) is 146 Å². The molecule has 3 aromatic carbocycles. The predicted octanol–water partition coefficient (Wildman–Crippen LogP) is 10.6. The van der Waals surface area contributed by atoms with Crippen LogP contribution >= 0.6 is 0 Å². The highest BCUT2D eigenvalue weighted by Crippen LogP contribution is 2.35. The van der Waals surface area contributed by atoms with Crippen molar-refractivity contribution in [2.75, 3.05) is 35.6 Å². The summed E-state index contributed by atoms with van der Waals surface area (Å²) < 4.78 is 17.1. The molecule has 24 heteroatoms. The zero-order valence-electron chi connectivity index (χ0n) is 55.0. The number of amides is 9. The van der Waals surface area contributed by atoms with Crippen LogP contribution in [0, 0.1) is 0 Å². The first kappa shape index (κ1) is 73.3. The lowest BCUT2D eigenvalue weighted by Gasteiger charge is -2.31. The van der Waals surface area contributed by atoms with E-state index in [1.54, 1.807) is 153 Å². The van der Waals surface area contributed by atoms with Crippen LogP contribution in [0.4, 0.5) is 31.4 Å². The number of nitrogens with two attached hydrogens (primary N) is 3. The minimum absolute atomic E-state index is 0.0578. The fraction of sp³-hybridized carbons (Fsp3) is 0.400. The van der Waals surface area contributed by atoms with Crippen LogP contribution < -0.4 is 33.2 Å². The monoisotopic (exact) mass is 1290 g/mol. The number of imide groups is 3. The lowest BCUT2D eigenvalue weighted by molar-refractivity contribution is -0.121. The lowest BCUT2D eigenvalue weighted by atomic mass is 9.85. The number of ether oxygens (including phenoxy) is 3. The Morgan fingerprint density at radius 3 is 0.830 bits per heavy atom. The van der Waals surface area contributed by atoms with E-state index < -0.39 is 94.6 Å². The van der Waals surface area contributed by atoms with Crippen LogP contribution in [-0.2, 0) is 28.6 Å². The number of benzene rings is 3. The average Bonchev–Trinajstić information content (AvgIpc) is 0.834. The zero-order chi connectivity index (χ0) is 68.8. The van der Waals surface area contributed by atoms with Crippen LogP contribution in [0.5, 0.6) is 0 Å². The van der Waals surface area contributed by atoms with Crippen LogP contribution in [0.3, 0.4) is 0 Å². The van der Waals surface area contributed by atoms with Gasteiger partial charge in [-0.25, -0.2) is 29.1 Å². The number of anilines is 3. The van der Waals surface area contributed by atoms with Gasteiger partial charge in [0.05, 0.1) is 16.7 Å². The maximum absolute atomic E-state index is 14.6. The molecular formula is C70H88N12O12. The van der Waals surface area contributed by atoms with Gasteiger partial charge in [0.25, 0.3) is 17.7 Å². The molecule has 24 nitrogen and oxygen atoms in total. The maximum Gasteiger partial charge on any atom is 0.418 e. The summed E-state index contributed by atoms with van der Waals surface area (Å²) in [5, 5.41) is 8.73. The molecule has 0 radical (unpaired) electrons. The molecule has 500 valence electrons. The van der Waals surface area contributed by atoms with Gasteiger partial charge < -0.3 is 47.4 Å². The van der Waals surface area contributed by atoms with Crippen molar-refractivity contribution in [2.45, 2.75) is 161 Å². The summed E-state index contributed by atoms with van der Waals surface area (Å²) in [4.78, 5) is 143. The fourth-order valence-electron chi connectivity index (χ4n) is 9.98. The van der Waals surface area contributed by atoms with Crippen molar-refractivity contribution in [3.05, 3.63) is 180 Å². The van der Waals surface area contributed by atoms with Gasteiger partial charge in [-0.15, -0.1) is 0 Å². The van der Waals surface area contributed by atoms with Gasteiger partial charge in [0, 0.05) is 60.2 Å². The largest absolute Gasteiger partial charge is 0.443 e. The van der Waals surface area contributed by atoms with Crippen molar-refractivity contribution in [1.82, 2.24) is 29.7 Å². The van der Waals surface area contributed by atoms with Crippen molar-refractivity contribution >= 4 is 70.8 Å². The number of aromatic nitrogens is 3. The van der Waals surface area contributed by atoms with Crippen molar-refractivity contribution < 1.29 is 57.4 Å². The summed E-state index contributed by atoms with van der Waals surface area (Å²) in [6.45, 7) is 15.8. The Kier molecular flexibility index (Phi) is 26.7. The van der Waals surface area contributed by atoms with E-state index >= 15 is 0 Å². The van der Waals surface area contributed by atoms with E-state index in [9.17, 15) is 43.2 Å². The molecule has 94 heavy (non-hydrogen) atoms. The van der Waals surface area contributed by atoms with Crippen LogP contribution in [0.2, 0.25) is 0 Å². The summed E-state index contributed by atoms with van der Waals surface area (Å²) in [5.74, 6) is -4.97. The number of unbranched alkanes of at least 4 members (excludes halogenated alkanes) is 3. The minimum Gasteiger partial charge on any atom is -0.443 e. The second-order valence-corrected chi connectivity index (χ2v) is 25.4. The third-order valence-electron chi connectivity index (χ3n) is 14.3. The number of hydrogen-bond donors (Lipinski definition) is 6. The Hall–Kier alpha value is -9.78. The van der Waals surface area contributed by atoms with Gasteiger partial charge in [-0.3, -0.25) is 43.7 Å². The average molecular weight is 1290 g/mol. The van der Waals surface area contributed by atoms with E-state index in [0.29, 0.717) is 91.9 Å². The van der Waals surface area contributed by atoms with Crippen LogP contribution in [-0.4, -0.2) is 138 Å². The molecule has 9 amide bonds. The first-order chi connectivity index (χ1) is 44.6. The molecule has 9 N–H and O–H groups in total. The third-order valence-corrected chi connectivity index (χ3v) is 14.3. The number of nitrogens with one attached hydrogen (secondary N) is 3. The van der Waals surface area contributed by atoms with Gasteiger partial charge in [0.1, 0.15) is 34.9 Å². The third kappa shape index (κ3) is 21.7. The number of carbonyl (C=O) groups is 9. The summed E-state index contributed by atoms with van der Waals surface area (Å²) in [6, 6.07) is 25.8. The molecule has 3 aromatic heterocycles. The molecule has 3 heterocycles. The highest BCUT2D eigenvalue weighted by Gasteiger charge is 2.41. The first-order valence-corrected chi connectivity index (χ1v) is 31.4. The maximum atomic E-state index is 14.6. The SMILES string of the molecule is CC(C)(C)OC(=O)N(C(=O)c1cccnc1)[C@@H](CCCCN)C(=O)Nc1ccc(C(c2ccc(NC(=O)[C@H](CCCCN)N(C(=O)OC(C)(C)C)C(=O)c3cccnc3)cc2)c2ccc(NC(=O)[C@H](CCCCN)N(C(=O)OC(C)(C)C)C(=O)c3cccnc3)cc2)cc1. The van der Waals surface area contributed by atoms with Crippen molar-refractivity contribution in [1.29, 1.82) is 0 Å². The smallest absolute Gasteiger partial charge is 0.418 e. The second-order valence-electron chi connectivity index (χ2n) is 25.4. The number of carbonyl (C=O) groups excluding carboxylic acids is 9. The molecule has 0 spiro atoms. The molecule has 0 aliphatic rings. The Labute approximate surface area is 549 Å². The van der Waals surface area contributed by atoms with Crippen molar-refractivity contribution in [2.24, 2.45) is 17.2 Å². The molecule has 6 rings (SSSR count). The molecule has 0 aliphatic carbocycles. The standard InChI is InChI=1S/C70H88N12O12/c1-68(2,3)92-65(89)80(62(86)49-19-16-40-74-43-49)55(22-10-13-37-71)59(83)77-52-31-25-46(26-32-52)58(47-27-33-53(34-28-47)78-60(84)56(23-11-14-38-72)81(66(90)93-69(4,5)6)63(87)50-20-17-41-75-44-50)48-29-35-54(36-30-48)79-61(85)57(24-12-15-39-73)82(67(91)94-70(7,8)9)64(88)51-21-18-42-76-45-51/h16-21,25-36,40-45,55-58H,10-15,22-24,37-39,71-73H2,1-9H3,(H,77,83)(H,78,84)(H,79,85)/t55-,56-,57-/m0/s1. The van der Waals surface area contributed by atoms with E-state index in [0.717, 1.165) is 14.7 Å². The lowest BCUT2D eigenvalue weighted by Crippen LogP contribution is -2.52. The van der Waals surface area contributed by atoms with Gasteiger partial charge in [-0.1, -0.05) is 36.4 Å². The van der Waals surface area contributed by atoms with E-state index in [-0.39, 0.29) is 36.0 Å². The molecule has 0 saturated carbocycles. The first-order valence-electron chi connectivity index (χ1n) is 31.4. The molecule has 0 saturated heterocycles. The van der Waals surface area contributed by atoms with Crippen LogP contribution in [0.1, 0.15) is 174 Å². The van der Waals surface area contributed by atoms with E-state index in [1.165, 1.54) is 55.4 Å². The summed E-state index contributed by atoms with van der Waals surface area (Å²) >= 11 is 0. The molecule has 0 aliphatic heterocycles. The Morgan fingerprint density at radius 2 is 0.628 bits per heavy atom. The van der Waals surface area contributed by atoms with E-state index in [2.05, 4.69) is 30.9 Å². The Morgan fingerprint density at radius 1 is 0.383 bits per heavy atom. The highest BCUT2D eigenvalue weighted by molar-refractivity contribution is 6.10. The summed E-state index contributed by atoms with van der Waals surface area (Å²) in [5.41, 5.74) is 17.7. The number of rotatable bonds is 27. The summed E-state index contributed by atoms with van der Waals surface area (Å²) in [6.07, 6.45) is 8.08. The molecule has 3 atom stereocenters. The number of nitrogens with zero attached hydrogens (tertiary/aromatic N) is 6. The number of hydrogen-bond acceptors (Lipinski definition) is 18. The molecule has 0 bridgehead atoms. The second kappa shape index (κ2) is 34.2. The topological polar surface area (TPSA) is 344 Å². The molecule has 0 fully saturated rings. The van der Waals surface area contributed by atoms with Crippen LogP contribution in [0.25, 0.3) is 0 Å². The zero-order valence-corrected chi connectivity index (χ0v) is 55.0. The number of pyridine rings is 3. The van der Waals surface area contributed by atoms with Gasteiger partial charge in [0.2, 0.25) is 17.7 Å². The normalized spacial score (nSPS) is 12.5. The predicted molar refractivity (Wildman–Crippen MR) is 356 cm³/mol. The fourth-order valence-corrected chi connectivity index (χ4v) is 9.98. The van der Waals surface area contributed by atoms with E-state index in [4.69, 9.17) is 31.4 Å². The highest BCUT2D eigenvalue weighted by atomic mass is 16.6. The van der Waals surface area contributed by atoms with E-state index in [1.807, 2.05) is 0 Å². The summed E-state index contributed by atoms with van der Waals surface area (Å²) in [7, 11) is 0. The minimum atomic E-state index is -1.34. The Balaban J connectivity index is 1.39. The molecular weight excluding hydrogens is 1200 g/mol. The quantitative estimate of drug-likeness (QED) is 0.0158.